The van der Waals surface area contributed by atoms with Gasteiger partial charge < -0.3 is 11.1 Å². The largest absolute Gasteiger partial charge is 0.361 e. The molecule has 1 rings (SSSR count). The van der Waals surface area contributed by atoms with Crippen molar-refractivity contribution in [2.24, 2.45) is 11.7 Å². The maximum absolute atomic E-state index is 5.62. The topological polar surface area (TPSA) is 50.9 Å². The van der Waals surface area contributed by atoms with Crippen molar-refractivity contribution >= 4 is 16.5 Å². The van der Waals surface area contributed by atoms with Gasteiger partial charge in [-0.2, -0.15) is 0 Å². The summed E-state index contributed by atoms with van der Waals surface area (Å²) in [5.74, 6) is 0.680. The van der Waals surface area contributed by atoms with E-state index in [0.717, 1.165) is 30.3 Å². The number of nitrogens with one attached hydrogen (secondary N) is 1. The van der Waals surface area contributed by atoms with Gasteiger partial charge in [0.15, 0.2) is 5.13 Å². The van der Waals surface area contributed by atoms with Gasteiger partial charge in [-0.15, -0.1) is 11.3 Å². The summed E-state index contributed by atoms with van der Waals surface area (Å²) in [7, 11) is 0. The first kappa shape index (κ1) is 13.5. The Morgan fingerprint density at radius 3 is 2.62 bits per heavy atom. The van der Waals surface area contributed by atoms with Crippen LogP contribution < -0.4 is 11.1 Å². The van der Waals surface area contributed by atoms with E-state index in [1.54, 1.807) is 11.3 Å². The van der Waals surface area contributed by atoms with Crippen LogP contribution in [0.4, 0.5) is 5.13 Å². The molecule has 0 aromatic carbocycles. The van der Waals surface area contributed by atoms with Crippen LogP contribution in [0.25, 0.3) is 0 Å². The quantitative estimate of drug-likeness (QED) is 0.771. The SMILES string of the molecule is CCCC(CCN)CNc1nc(C)c(C)s1. The Morgan fingerprint density at radius 2 is 2.12 bits per heavy atom. The molecule has 0 amide bonds. The predicted octanol–water partition coefficient (Wildman–Crippen LogP) is 2.94. The lowest BCUT2D eigenvalue weighted by molar-refractivity contribution is 0.473. The monoisotopic (exact) mass is 241 g/mol. The summed E-state index contributed by atoms with van der Waals surface area (Å²) in [5.41, 5.74) is 6.75. The van der Waals surface area contributed by atoms with E-state index in [9.17, 15) is 0 Å². The highest BCUT2D eigenvalue weighted by molar-refractivity contribution is 7.15. The van der Waals surface area contributed by atoms with Gasteiger partial charge in [0.1, 0.15) is 0 Å². The van der Waals surface area contributed by atoms with Gasteiger partial charge >= 0.3 is 0 Å². The highest BCUT2D eigenvalue weighted by Crippen LogP contribution is 2.22. The van der Waals surface area contributed by atoms with Gasteiger partial charge in [-0.3, -0.25) is 0 Å². The first-order valence-corrected chi connectivity index (χ1v) is 6.87. The van der Waals surface area contributed by atoms with Crippen molar-refractivity contribution in [3.05, 3.63) is 10.6 Å². The van der Waals surface area contributed by atoms with Crippen molar-refractivity contribution in [1.82, 2.24) is 4.98 Å². The van der Waals surface area contributed by atoms with Crippen LogP contribution in [0.2, 0.25) is 0 Å². The molecule has 0 bridgehead atoms. The van der Waals surface area contributed by atoms with E-state index < -0.39 is 0 Å². The van der Waals surface area contributed by atoms with Crippen LogP contribution in [0.3, 0.4) is 0 Å². The van der Waals surface area contributed by atoms with Gasteiger partial charge in [-0.25, -0.2) is 4.98 Å². The molecule has 0 aliphatic heterocycles. The smallest absolute Gasteiger partial charge is 0.183 e. The van der Waals surface area contributed by atoms with Gasteiger partial charge in [-0.1, -0.05) is 13.3 Å². The zero-order valence-electron chi connectivity index (χ0n) is 10.5. The van der Waals surface area contributed by atoms with Crippen molar-refractivity contribution in [3.8, 4) is 0 Å². The molecule has 16 heavy (non-hydrogen) atoms. The number of aryl methyl sites for hydroxylation is 2. The van der Waals surface area contributed by atoms with E-state index in [1.807, 2.05) is 0 Å². The van der Waals surface area contributed by atoms with E-state index in [0.29, 0.717) is 5.92 Å². The molecule has 92 valence electrons. The van der Waals surface area contributed by atoms with Crippen molar-refractivity contribution in [3.63, 3.8) is 0 Å². The Labute approximate surface area is 102 Å². The number of aromatic nitrogens is 1. The minimum absolute atomic E-state index is 0.680. The lowest BCUT2D eigenvalue weighted by Crippen LogP contribution is -2.17. The summed E-state index contributed by atoms with van der Waals surface area (Å²) in [6, 6.07) is 0. The molecule has 0 saturated heterocycles. The van der Waals surface area contributed by atoms with Crippen molar-refractivity contribution in [2.45, 2.75) is 40.0 Å². The minimum atomic E-state index is 0.680. The molecular formula is C12H23N3S. The third-order valence-electron chi connectivity index (χ3n) is 2.84. The average molecular weight is 241 g/mol. The molecule has 0 saturated carbocycles. The second-order valence-electron chi connectivity index (χ2n) is 4.27. The molecule has 0 aliphatic rings. The van der Waals surface area contributed by atoms with Gasteiger partial charge in [0.25, 0.3) is 0 Å². The molecule has 1 aromatic rings. The Balaban J connectivity index is 2.41. The molecule has 1 aromatic heterocycles. The maximum atomic E-state index is 5.62. The molecular weight excluding hydrogens is 218 g/mol. The molecule has 4 heteroatoms. The zero-order valence-corrected chi connectivity index (χ0v) is 11.4. The van der Waals surface area contributed by atoms with Gasteiger partial charge in [0.2, 0.25) is 0 Å². The van der Waals surface area contributed by atoms with Crippen molar-refractivity contribution < 1.29 is 0 Å². The highest BCUT2D eigenvalue weighted by atomic mass is 32.1. The first-order chi connectivity index (χ1) is 7.67. The normalized spacial score (nSPS) is 12.8. The molecule has 1 heterocycles. The summed E-state index contributed by atoms with van der Waals surface area (Å²) >= 11 is 1.74. The molecule has 0 spiro atoms. The number of hydrogen-bond donors (Lipinski definition) is 2. The lowest BCUT2D eigenvalue weighted by Gasteiger charge is -2.15. The molecule has 3 N–H and O–H groups in total. The number of thiazole rings is 1. The Morgan fingerprint density at radius 1 is 1.38 bits per heavy atom. The molecule has 1 unspecified atom stereocenters. The highest BCUT2D eigenvalue weighted by Gasteiger charge is 2.08. The summed E-state index contributed by atoms with van der Waals surface area (Å²) in [6.45, 7) is 8.17. The summed E-state index contributed by atoms with van der Waals surface area (Å²) < 4.78 is 0. The maximum Gasteiger partial charge on any atom is 0.183 e. The lowest BCUT2D eigenvalue weighted by atomic mass is 10.00. The summed E-state index contributed by atoms with van der Waals surface area (Å²) in [4.78, 5) is 5.78. The van der Waals surface area contributed by atoms with Gasteiger partial charge in [0, 0.05) is 11.4 Å². The van der Waals surface area contributed by atoms with Gasteiger partial charge in [-0.05, 0) is 39.2 Å². The Hall–Kier alpha value is -0.610. The Kier molecular flexibility index (Phi) is 5.77. The number of hydrogen-bond acceptors (Lipinski definition) is 4. The summed E-state index contributed by atoms with van der Waals surface area (Å²) in [5, 5.41) is 4.48. The standard InChI is InChI=1S/C12H23N3S/c1-4-5-11(6-7-13)8-14-12-15-9(2)10(3)16-12/h11H,4-8,13H2,1-3H3,(H,14,15). The second-order valence-corrected chi connectivity index (χ2v) is 5.48. The third kappa shape index (κ3) is 4.10. The molecule has 1 atom stereocenters. The van der Waals surface area contributed by atoms with Crippen LogP contribution in [-0.2, 0) is 0 Å². The number of anilines is 1. The van der Waals surface area contributed by atoms with Crippen LogP contribution >= 0.6 is 11.3 Å². The Bertz CT molecular complexity index is 284. The molecule has 3 nitrogen and oxygen atoms in total. The average Bonchev–Trinajstić information content (AvgIpc) is 2.56. The second kappa shape index (κ2) is 6.86. The fourth-order valence-corrected chi connectivity index (χ4v) is 2.59. The van der Waals surface area contributed by atoms with Crippen molar-refractivity contribution in [1.29, 1.82) is 0 Å². The number of nitrogens with two attached hydrogens (primary N) is 1. The van der Waals surface area contributed by atoms with E-state index in [1.165, 1.54) is 17.7 Å². The first-order valence-electron chi connectivity index (χ1n) is 6.05. The number of nitrogens with zero attached hydrogens (tertiary/aromatic N) is 1. The van der Waals surface area contributed by atoms with E-state index in [4.69, 9.17) is 5.73 Å². The van der Waals surface area contributed by atoms with Crippen LogP contribution in [0.5, 0.6) is 0 Å². The van der Waals surface area contributed by atoms with E-state index in [2.05, 4.69) is 31.1 Å². The van der Waals surface area contributed by atoms with Crippen LogP contribution in [0.15, 0.2) is 0 Å². The number of rotatable bonds is 7. The molecule has 0 fully saturated rings. The summed E-state index contributed by atoms with van der Waals surface area (Å²) in [6.07, 6.45) is 3.57. The molecule has 0 aliphatic carbocycles. The third-order valence-corrected chi connectivity index (χ3v) is 3.87. The predicted molar refractivity (Wildman–Crippen MR) is 72.1 cm³/mol. The van der Waals surface area contributed by atoms with E-state index in [-0.39, 0.29) is 0 Å². The fourth-order valence-electron chi connectivity index (χ4n) is 1.77. The van der Waals surface area contributed by atoms with Crippen LogP contribution in [-0.4, -0.2) is 18.1 Å². The fraction of sp³-hybridized carbons (Fsp3) is 0.750. The molecule has 0 radical (unpaired) electrons. The van der Waals surface area contributed by atoms with Crippen molar-refractivity contribution in [2.75, 3.05) is 18.4 Å². The minimum Gasteiger partial charge on any atom is -0.361 e. The van der Waals surface area contributed by atoms with Crippen LogP contribution in [0.1, 0.15) is 36.8 Å². The van der Waals surface area contributed by atoms with Crippen LogP contribution in [0, 0.1) is 19.8 Å². The van der Waals surface area contributed by atoms with E-state index >= 15 is 0 Å². The van der Waals surface area contributed by atoms with Gasteiger partial charge in [0.05, 0.1) is 5.69 Å². The zero-order chi connectivity index (χ0) is 12.0.